The number of carbonyl (C=O) groups excluding carboxylic acids is 1. The molecule has 2 saturated heterocycles. The van der Waals surface area contributed by atoms with E-state index in [1.54, 1.807) is 18.2 Å². The van der Waals surface area contributed by atoms with Crippen LogP contribution in [0.3, 0.4) is 0 Å². The number of ether oxygens (including phenoxy) is 1. The third kappa shape index (κ3) is 2.70. The van der Waals surface area contributed by atoms with Crippen molar-refractivity contribution < 1.29 is 13.9 Å². The van der Waals surface area contributed by atoms with Gasteiger partial charge in [0.15, 0.2) is 0 Å². The molecular weight excluding hydrogens is 257 g/mol. The predicted octanol–water partition coefficient (Wildman–Crippen LogP) is 2.39. The first-order valence-corrected chi connectivity index (χ1v) is 7.30. The third-order valence-corrected chi connectivity index (χ3v) is 4.39. The van der Waals surface area contributed by atoms with E-state index in [1.165, 1.54) is 6.07 Å². The molecule has 0 spiro atoms. The summed E-state index contributed by atoms with van der Waals surface area (Å²) in [6.45, 7) is 3.51. The fourth-order valence-corrected chi connectivity index (χ4v) is 3.31. The third-order valence-electron chi connectivity index (χ3n) is 4.39. The second kappa shape index (κ2) is 5.52. The van der Waals surface area contributed by atoms with E-state index in [4.69, 9.17) is 4.74 Å². The molecule has 2 aliphatic rings. The van der Waals surface area contributed by atoms with Gasteiger partial charge in [-0.25, -0.2) is 4.39 Å². The summed E-state index contributed by atoms with van der Waals surface area (Å²) in [6, 6.07) is 6.48. The summed E-state index contributed by atoms with van der Waals surface area (Å²) in [5.74, 6) is 0.278. The van der Waals surface area contributed by atoms with Crippen molar-refractivity contribution in [3.8, 4) is 0 Å². The van der Waals surface area contributed by atoms with E-state index in [9.17, 15) is 9.18 Å². The molecule has 20 heavy (non-hydrogen) atoms. The summed E-state index contributed by atoms with van der Waals surface area (Å²) < 4.78 is 19.4. The molecule has 0 bridgehead atoms. The molecular formula is C16H20FNO2. The van der Waals surface area contributed by atoms with Crippen molar-refractivity contribution in [3.63, 3.8) is 0 Å². The van der Waals surface area contributed by atoms with Crippen molar-refractivity contribution in [1.82, 2.24) is 4.90 Å². The summed E-state index contributed by atoms with van der Waals surface area (Å²) in [6.07, 6.45) is 2.70. The van der Waals surface area contributed by atoms with Crippen LogP contribution in [-0.4, -0.2) is 36.1 Å². The lowest BCUT2D eigenvalue weighted by molar-refractivity contribution is -0.134. The molecule has 1 aromatic carbocycles. The second-order valence-corrected chi connectivity index (χ2v) is 5.88. The van der Waals surface area contributed by atoms with Gasteiger partial charge >= 0.3 is 0 Å². The largest absolute Gasteiger partial charge is 0.373 e. The number of hydrogen-bond donors (Lipinski definition) is 0. The highest BCUT2D eigenvalue weighted by Crippen LogP contribution is 2.33. The van der Waals surface area contributed by atoms with Crippen LogP contribution in [0.15, 0.2) is 24.3 Å². The van der Waals surface area contributed by atoms with Gasteiger partial charge in [0.2, 0.25) is 5.91 Å². The molecule has 0 aromatic heterocycles. The number of likely N-dealkylation sites (tertiary alicyclic amines) is 1. The number of amides is 1. The van der Waals surface area contributed by atoms with E-state index < -0.39 is 0 Å². The monoisotopic (exact) mass is 277 g/mol. The highest BCUT2D eigenvalue weighted by molar-refractivity contribution is 5.79. The van der Waals surface area contributed by atoms with Crippen molar-refractivity contribution in [3.05, 3.63) is 35.6 Å². The van der Waals surface area contributed by atoms with Gasteiger partial charge in [-0.3, -0.25) is 4.79 Å². The fraction of sp³-hybridized carbons (Fsp3) is 0.562. The number of carbonyl (C=O) groups is 1. The van der Waals surface area contributed by atoms with E-state index in [1.807, 2.05) is 4.90 Å². The second-order valence-electron chi connectivity index (χ2n) is 5.88. The van der Waals surface area contributed by atoms with Crippen LogP contribution >= 0.6 is 0 Å². The zero-order valence-corrected chi connectivity index (χ0v) is 11.7. The minimum Gasteiger partial charge on any atom is -0.373 e. The maximum Gasteiger partial charge on any atom is 0.227 e. The SMILES string of the molecule is C[C@@H]1C[C@H]2CCN(C(=O)Cc3ccccc3F)C[C@@H]2O1. The Morgan fingerprint density at radius 2 is 2.25 bits per heavy atom. The van der Waals surface area contributed by atoms with Crippen LogP contribution in [0.2, 0.25) is 0 Å². The van der Waals surface area contributed by atoms with Crippen LogP contribution in [0.5, 0.6) is 0 Å². The predicted molar refractivity (Wildman–Crippen MR) is 73.7 cm³/mol. The first-order chi connectivity index (χ1) is 9.63. The molecule has 108 valence electrons. The van der Waals surface area contributed by atoms with Crippen molar-refractivity contribution in [2.45, 2.75) is 38.4 Å². The number of halogens is 1. The highest BCUT2D eigenvalue weighted by Gasteiger charge is 2.38. The van der Waals surface area contributed by atoms with Crippen LogP contribution in [0.25, 0.3) is 0 Å². The molecule has 3 atom stereocenters. The van der Waals surface area contributed by atoms with Crippen molar-refractivity contribution >= 4 is 5.91 Å². The van der Waals surface area contributed by atoms with E-state index >= 15 is 0 Å². The smallest absolute Gasteiger partial charge is 0.227 e. The number of benzene rings is 1. The van der Waals surface area contributed by atoms with Crippen LogP contribution in [-0.2, 0) is 16.0 Å². The molecule has 0 unspecified atom stereocenters. The van der Waals surface area contributed by atoms with Crippen LogP contribution in [0.1, 0.15) is 25.3 Å². The van der Waals surface area contributed by atoms with Crippen molar-refractivity contribution in [2.24, 2.45) is 5.92 Å². The number of nitrogens with zero attached hydrogens (tertiary/aromatic N) is 1. The molecule has 2 heterocycles. The van der Waals surface area contributed by atoms with E-state index in [0.29, 0.717) is 24.1 Å². The first kappa shape index (κ1) is 13.6. The van der Waals surface area contributed by atoms with Gasteiger partial charge < -0.3 is 9.64 Å². The molecule has 2 aliphatic heterocycles. The van der Waals surface area contributed by atoms with Gasteiger partial charge in [0.1, 0.15) is 5.82 Å². The van der Waals surface area contributed by atoms with Gasteiger partial charge in [0, 0.05) is 13.1 Å². The molecule has 2 fully saturated rings. The molecule has 3 rings (SSSR count). The van der Waals surface area contributed by atoms with Gasteiger partial charge in [-0.15, -0.1) is 0 Å². The van der Waals surface area contributed by atoms with Crippen molar-refractivity contribution in [1.29, 1.82) is 0 Å². The Kier molecular flexibility index (Phi) is 3.74. The standard InChI is InChI=1S/C16H20FNO2/c1-11-8-13-6-7-18(10-15(13)20-11)16(19)9-12-4-2-3-5-14(12)17/h2-5,11,13,15H,6-10H2,1H3/t11-,13-,15+/m1/s1. The lowest BCUT2D eigenvalue weighted by Gasteiger charge is -2.34. The lowest BCUT2D eigenvalue weighted by Crippen LogP contribution is -2.46. The van der Waals surface area contributed by atoms with Crippen LogP contribution in [0, 0.1) is 11.7 Å². The summed E-state index contributed by atoms with van der Waals surface area (Å²) in [5.41, 5.74) is 0.473. The minimum atomic E-state index is -0.304. The number of rotatable bonds is 2. The summed E-state index contributed by atoms with van der Waals surface area (Å²) in [4.78, 5) is 14.1. The van der Waals surface area contributed by atoms with Gasteiger partial charge in [0.05, 0.1) is 18.6 Å². The molecule has 0 N–H and O–H groups in total. The molecule has 0 aliphatic carbocycles. The van der Waals surface area contributed by atoms with E-state index in [0.717, 1.165) is 19.4 Å². The Labute approximate surface area is 118 Å². The average molecular weight is 277 g/mol. The van der Waals surface area contributed by atoms with Gasteiger partial charge in [-0.2, -0.15) is 0 Å². The zero-order chi connectivity index (χ0) is 14.1. The Balaban J connectivity index is 1.62. The Hall–Kier alpha value is -1.42. The van der Waals surface area contributed by atoms with Gasteiger partial charge in [-0.05, 0) is 37.3 Å². The maximum atomic E-state index is 13.6. The first-order valence-electron chi connectivity index (χ1n) is 7.30. The summed E-state index contributed by atoms with van der Waals surface area (Å²) in [7, 11) is 0. The number of hydrogen-bond acceptors (Lipinski definition) is 2. The van der Waals surface area contributed by atoms with E-state index in [-0.39, 0.29) is 24.2 Å². The zero-order valence-electron chi connectivity index (χ0n) is 11.7. The summed E-state index contributed by atoms with van der Waals surface area (Å²) in [5, 5.41) is 0. The molecule has 0 radical (unpaired) electrons. The highest BCUT2D eigenvalue weighted by atomic mass is 19.1. The van der Waals surface area contributed by atoms with Gasteiger partial charge in [-0.1, -0.05) is 18.2 Å². The van der Waals surface area contributed by atoms with Crippen LogP contribution < -0.4 is 0 Å². The number of piperidine rings is 1. The molecule has 3 nitrogen and oxygen atoms in total. The van der Waals surface area contributed by atoms with Gasteiger partial charge in [0.25, 0.3) is 0 Å². The average Bonchev–Trinajstić information content (AvgIpc) is 2.80. The topological polar surface area (TPSA) is 29.5 Å². The molecule has 1 amide bonds. The molecule has 4 heteroatoms. The fourth-order valence-electron chi connectivity index (χ4n) is 3.31. The number of fused-ring (bicyclic) bond motifs is 1. The van der Waals surface area contributed by atoms with E-state index in [2.05, 4.69) is 6.92 Å². The quantitative estimate of drug-likeness (QED) is 0.830. The maximum absolute atomic E-state index is 13.6. The Morgan fingerprint density at radius 3 is 3.05 bits per heavy atom. The normalized spacial score (nSPS) is 29.3. The van der Waals surface area contributed by atoms with Crippen LogP contribution in [0.4, 0.5) is 4.39 Å². The molecule has 0 saturated carbocycles. The Bertz CT molecular complexity index is 505. The molecule has 1 aromatic rings. The minimum absolute atomic E-state index is 0.00305. The van der Waals surface area contributed by atoms with Crippen molar-refractivity contribution in [2.75, 3.05) is 13.1 Å². The lowest BCUT2D eigenvalue weighted by atomic mass is 9.92. The Morgan fingerprint density at radius 1 is 1.45 bits per heavy atom. The summed E-state index contributed by atoms with van der Waals surface area (Å²) >= 11 is 0.